The van der Waals surface area contributed by atoms with Gasteiger partial charge in [0.15, 0.2) is 0 Å². The molecule has 0 radical (unpaired) electrons. The van der Waals surface area contributed by atoms with Crippen molar-refractivity contribution in [1.82, 2.24) is 9.78 Å². The molecule has 0 spiro atoms. The van der Waals surface area contributed by atoms with Crippen molar-refractivity contribution >= 4 is 27.3 Å². The molecule has 1 N–H and O–H groups in total. The van der Waals surface area contributed by atoms with Gasteiger partial charge in [0.25, 0.3) is 15.6 Å². The van der Waals surface area contributed by atoms with Crippen molar-refractivity contribution < 1.29 is 8.42 Å². The van der Waals surface area contributed by atoms with E-state index in [0.29, 0.717) is 27.5 Å². The fraction of sp³-hybridized carbons (Fsp3) is 0.158. The largest absolute Gasteiger partial charge is 0.280 e. The second kappa shape index (κ2) is 7.17. The number of aromatic nitrogens is 2. The maximum atomic E-state index is 12.7. The molecule has 2 aromatic carbocycles. The van der Waals surface area contributed by atoms with E-state index in [1.165, 1.54) is 10.7 Å². The Morgan fingerprint density at radius 1 is 1.00 bits per heavy atom. The molecule has 3 rings (SSSR count). The van der Waals surface area contributed by atoms with Crippen LogP contribution in [0.25, 0.3) is 11.3 Å². The molecule has 0 atom stereocenters. The third-order valence-corrected chi connectivity index (χ3v) is 6.07. The van der Waals surface area contributed by atoms with Crippen molar-refractivity contribution in [2.45, 2.75) is 18.7 Å². The Bertz CT molecular complexity index is 1170. The van der Waals surface area contributed by atoms with E-state index in [2.05, 4.69) is 9.82 Å². The smallest absolute Gasteiger partial charge is 0.266 e. The van der Waals surface area contributed by atoms with Crippen molar-refractivity contribution in [2.24, 2.45) is 7.05 Å². The number of halogens is 1. The van der Waals surface area contributed by atoms with E-state index in [4.69, 9.17) is 11.6 Å². The summed E-state index contributed by atoms with van der Waals surface area (Å²) in [6.07, 6.45) is 0. The Hall–Kier alpha value is -2.64. The van der Waals surface area contributed by atoms with Gasteiger partial charge in [-0.1, -0.05) is 23.7 Å². The lowest BCUT2D eigenvalue weighted by Gasteiger charge is -2.12. The first-order chi connectivity index (χ1) is 12.7. The van der Waals surface area contributed by atoms with Gasteiger partial charge >= 0.3 is 0 Å². The molecular formula is C19H18ClN3O3S. The number of anilines is 1. The third kappa shape index (κ3) is 4.04. The maximum Gasteiger partial charge on any atom is 0.266 e. The van der Waals surface area contributed by atoms with E-state index in [1.54, 1.807) is 63.4 Å². The van der Waals surface area contributed by atoms with Gasteiger partial charge in [0.05, 0.1) is 10.6 Å². The van der Waals surface area contributed by atoms with Gasteiger partial charge in [-0.2, -0.15) is 5.10 Å². The van der Waals surface area contributed by atoms with Gasteiger partial charge < -0.3 is 0 Å². The maximum absolute atomic E-state index is 12.7. The van der Waals surface area contributed by atoms with Crippen LogP contribution in [0.5, 0.6) is 0 Å². The summed E-state index contributed by atoms with van der Waals surface area (Å²) in [5.41, 5.74) is 2.89. The van der Waals surface area contributed by atoms with Crippen LogP contribution in [-0.2, 0) is 17.1 Å². The molecule has 0 unspecified atom stereocenters. The van der Waals surface area contributed by atoms with Gasteiger partial charge in [-0.3, -0.25) is 9.52 Å². The van der Waals surface area contributed by atoms with E-state index < -0.39 is 10.0 Å². The molecule has 0 aliphatic heterocycles. The topological polar surface area (TPSA) is 81.1 Å². The zero-order valence-electron chi connectivity index (χ0n) is 15.0. The number of hydrogen-bond donors (Lipinski definition) is 1. The Morgan fingerprint density at radius 2 is 1.67 bits per heavy atom. The molecule has 0 saturated carbocycles. The lowest BCUT2D eigenvalue weighted by molar-refractivity contribution is 0.600. The van der Waals surface area contributed by atoms with Crippen LogP contribution in [0, 0.1) is 13.8 Å². The molecular weight excluding hydrogens is 386 g/mol. The van der Waals surface area contributed by atoms with Crippen molar-refractivity contribution in [3.63, 3.8) is 0 Å². The predicted molar refractivity (Wildman–Crippen MR) is 107 cm³/mol. The van der Waals surface area contributed by atoms with Crippen LogP contribution in [-0.4, -0.2) is 18.2 Å². The highest BCUT2D eigenvalue weighted by Gasteiger charge is 2.18. The number of sulfonamides is 1. The first-order valence-electron chi connectivity index (χ1n) is 8.12. The average molecular weight is 404 g/mol. The average Bonchev–Trinajstić information content (AvgIpc) is 2.61. The molecule has 3 aromatic rings. The van der Waals surface area contributed by atoms with Crippen molar-refractivity contribution in [2.75, 3.05) is 4.72 Å². The minimum absolute atomic E-state index is 0.188. The number of nitrogens with one attached hydrogen (secondary N) is 1. The van der Waals surface area contributed by atoms with Crippen LogP contribution < -0.4 is 10.3 Å². The van der Waals surface area contributed by atoms with Crippen LogP contribution >= 0.6 is 11.6 Å². The lowest BCUT2D eigenvalue weighted by Crippen LogP contribution is -2.18. The Balaban J connectivity index is 1.89. The summed E-state index contributed by atoms with van der Waals surface area (Å²) in [5.74, 6) is 0. The van der Waals surface area contributed by atoms with E-state index in [9.17, 15) is 13.2 Å². The SMILES string of the molecule is Cc1cc(S(=O)(=O)Nc2ccc(-c3ccc(=O)n(C)n3)cc2)c(C)cc1Cl. The first-order valence-corrected chi connectivity index (χ1v) is 9.98. The second-order valence-electron chi connectivity index (χ2n) is 6.23. The molecule has 27 heavy (non-hydrogen) atoms. The molecule has 0 aliphatic carbocycles. The van der Waals surface area contributed by atoms with E-state index in [0.717, 1.165) is 5.56 Å². The van der Waals surface area contributed by atoms with Crippen LogP contribution in [0.3, 0.4) is 0 Å². The standard InChI is InChI=1S/C19H18ClN3O3S/c1-12-11-18(13(2)10-16(12)20)27(25,26)22-15-6-4-14(5-7-15)17-8-9-19(24)23(3)21-17/h4-11,22H,1-3H3. The summed E-state index contributed by atoms with van der Waals surface area (Å²) >= 11 is 6.05. The number of rotatable bonds is 4. The van der Waals surface area contributed by atoms with Crippen molar-refractivity contribution in [1.29, 1.82) is 0 Å². The zero-order chi connectivity index (χ0) is 19.8. The van der Waals surface area contributed by atoms with Gasteiger partial charge in [-0.15, -0.1) is 0 Å². The highest BCUT2D eigenvalue weighted by molar-refractivity contribution is 7.92. The number of hydrogen-bond acceptors (Lipinski definition) is 4. The fourth-order valence-corrected chi connectivity index (χ4v) is 4.21. The summed E-state index contributed by atoms with van der Waals surface area (Å²) in [6, 6.07) is 13.0. The Labute approximate surface area is 162 Å². The zero-order valence-corrected chi connectivity index (χ0v) is 16.6. The van der Waals surface area contributed by atoms with E-state index >= 15 is 0 Å². The molecule has 0 fully saturated rings. The second-order valence-corrected chi connectivity index (χ2v) is 8.29. The lowest BCUT2D eigenvalue weighted by atomic mass is 10.1. The Kier molecular flexibility index (Phi) is 5.08. The summed E-state index contributed by atoms with van der Waals surface area (Å²) in [7, 11) is -2.17. The van der Waals surface area contributed by atoms with Gasteiger partial charge in [0, 0.05) is 29.4 Å². The molecule has 1 aromatic heterocycles. The molecule has 0 saturated heterocycles. The number of aryl methyl sites for hydroxylation is 3. The van der Waals surface area contributed by atoms with Gasteiger partial charge in [-0.25, -0.2) is 13.1 Å². The fourth-order valence-electron chi connectivity index (χ4n) is 2.62. The summed E-state index contributed by atoms with van der Waals surface area (Å²) in [6.45, 7) is 3.46. The van der Waals surface area contributed by atoms with Crippen LogP contribution in [0.2, 0.25) is 5.02 Å². The van der Waals surface area contributed by atoms with Crippen LogP contribution in [0.1, 0.15) is 11.1 Å². The first kappa shape index (κ1) is 19.1. The quantitative estimate of drug-likeness (QED) is 0.722. The predicted octanol–water partition coefficient (Wildman–Crippen LogP) is 3.52. The monoisotopic (exact) mass is 403 g/mol. The number of benzene rings is 2. The molecule has 1 heterocycles. The molecule has 8 heteroatoms. The van der Waals surface area contributed by atoms with Crippen molar-refractivity contribution in [3.8, 4) is 11.3 Å². The third-order valence-electron chi connectivity index (χ3n) is 4.14. The molecule has 140 valence electrons. The molecule has 0 aliphatic rings. The van der Waals surface area contributed by atoms with Crippen molar-refractivity contribution in [3.05, 3.63) is 75.0 Å². The Morgan fingerprint density at radius 3 is 2.30 bits per heavy atom. The summed E-state index contributed by atoms with van der Waals surface area (Å²) in [5, 5.41) is 4.71. The normalized spacial score (nSPS) is 11.4. The van der Waals surface area contributed by atoms with E-state index in [1.807, 2.05) is 0 Å². The molecule has 6 nitrogen and oxygen atoms in total. The highest BCUT2D eigenvalue weighted by atomic mass is 35.5. The number of nitrogens with zero attached hydrogens (tertiary/aromatic N) is 2. The minimum atomic E-state index is -3.74. The van der Waals surface area contributed by atoms with Crippen LogP contribution in [0.4, 0.5) is 5.69 Å². The summed E-state index contributed by atoms with van der Waals surface area (Å²) in [4.78, 5) is 11.6. The highest BCUT2D eigenvalue weighted by Crippen LogP contribution is 2.26. The van der Waals surface area contributed by atoms with E-state index in [-0.39, 0.29) is 10.5 Å². The van der Waals surface area contributed by atoms with Gasteiger partial charge in [0.2, 0.25) is 0 Å². The van der Waals surface area contributed by atoms with Gasteiger partial charge in [0.1, 0.15) is 0 Å². The molecule has 0 amide bonds. The van der Waals surface area contributed by atoms with Crippen LogP contribution in [0.15, 0.2) is 58.2 Å². The minimum Gasteiger partial charge on any atom is -0.280 e. The molecule has 0 bridgehead atoms. The summed E-state index contributed by atoms with van der Waals surface area (Å²) < 4.78 is 29.3. The van der Waals surface area contributed by atoms with Gasteiger partial charge in [-0.05, 0) is 55.3 Å².